The van der Waals surface area contributed by atoms with Crippen LogP contribution in [0, 0.1) is 0 Å². The third kappa shape index (κ3) is 4.33. The first-order valence-electron chi connectivity index (χ1n) is 14.9. The molecule has 0 saturated heterocycles. The van der Waals surface area contributed by atoms with Crippen molar-refractivity contribution < 1.29 is 4.42 Å². The fourth-order valence-electron chi connectivity index (χ4n) is 6.21. The lowest BCUT2D eigenvalue weighted by Gasteiger charge is -2.14. The number of pyridine rings is 3. The number of rotatable bonds is 4. The minimum Gasteiger partial charge on any atom is -0.436 e. The smallest absolute Gasteiger partial charge is 0.227 e. The van der Waals surface area contributed by atoms with E-state index in [0.29, 0.717) is 5.89 Å². The number of benzene rings is 5. The van der Waals surface area contributed by atoms with E-state index in [2.05, 4.69) is 83.8 Å². The summed E-state index contributed by atoms with van der Waals surface area (Å²) >= 11 is 0. The molecule has 0 fully saturated rings. The highest BCUT2D eigenvalue weighted by molar-refractivity contribution is 6.05. The summed E-state index contributed by atoms with van der Waals surface area (Å²) in [6, 6.07) is 43.5. The lowest BCUT2D eigenvalue weighted by atomic mass is 9.93. The van der Waals surface area contributed by atoms with Gasteiger partial charge in [0.25, 0.3) is 0 Å². The van der Waals surface area contributed by atoms with Gasteiger partial charge in [0, 0.05) is 57.0 Å². The molecule has 9 rings (SSSR count). The van der Waals surface area contributed by atoms with E-state index in [0.717, 1.165) is 82.8 Å². The van der Waals surface area contributed by atoms with E-state index in [4.69, 9.17) is 19.4 Å². The molecule has 5 heteroatoms. The van der Waals surface area contributed by atoms with E-state index >= 15 is 0 Å². The summed E-state index contributed by atoms with van der Waals surface area (Å²) in [5.74, 6) is 0.571. The highest BCUT2D eigenvalue weighted by Crippen LogP contribution is 2.39. The van der Waals surface area contributed by atoms with Crippen molar-refractivity contribution in [1.82, 2.24) is 19.9 Å². The molecule has 0 spiro atoms. The summed E-state index contributed by atoms with van der Waals surface area (Å²) in [6.07, 6.45) is 5.73. The Hall–Kier alpha value is -6.20. The molecule has 4 aromatic heterocycles. The number of hydrogen-bond donors (Lipinski definition) is 0. The van der Waals surface area contributed by atoms with Crippen LogP contribution in [-0.2, 0) is 0 Å². The maximum Gasteiger partial charge on any atom is 0.227 e. The van der Waals surface area contributed by atoms with E-state index in [1.807, 2.05) is 67.1 Å². The highest BCUT2D eigenvalue weighted by Gasteiger charge is 2.16. The lowest BCUT2D eigenvalue weighted by molar-refractivity contribution is 0.620. The number of aromatic nitrogens is 4. The molecule has 9 aromatic rings. The molecule has 0 unspecified atom stereocenters. The topological polar surface area (TPSA) is 64.7 Å². The van der Waals surface area contributed by atoms with Crippen molar-refractivity contribution in [2.75, 3.05) is 0 Å². The number of oxazole rings is 1. The van der Waals surface area contributed by atoms with Crippen LogP contribution in [0.15, 0.2) is 150 Å². The molecule has 0 aliphatic rings. The average molecular weight is 577 g/mol. The Morgan fingerprint density at radius 1 is 0.467 bits per heavy atom. The predicted molar refractivity (Wildman–Crippen MR) is 182 cm³/mol. The maximum atomic E-state index is 6.27. The third-order valence-corrected chi connectivity index (χ3v) is 8.38. The van der Waals surface area contributed by atoms with E-state index in [1.54, 1.807) is 0 Å². The Labute approximate surface area is 258 Å². The fraction of sp³-hybridized carbons (Fsp3) is 0. The molecule has 0 atom stereocenters. The van der Waals surface area contributed by atoms with Crippen LogP contribution in [0.25, 0.3) is 88.6 Å². The van der Waals surface area contributed by atoms with Gasteiger partial charge in [-0.05, 0) is 59.0 Å². The summed E-state index contributed by atoms with van der Waals surface area (Å²) in [5.41, 5.74) is 10.4. The molecular formula is C40H24N4O. The number of para-hydroxylation sites is 2. The molecule has 5 nitrogen and oxygen atoms in total. The summed E-state index contributed by atoms with van der Waals surface area (Å²) in [5, 5.41) is 4.33. The highest BCUT2D eigenvalue weighted by atomic mass is 16.3. The molecule has 45 heavy (non-hydrogen) atoms. The zero-order valence-corrected chi connectivity index (χ0v) is 24.1. The zero-order valence-electron chi connectivity index (χ0n) is 24.1. The number of nitrogens with zero attached hydrogens (tertiary/aromatic N) is 4. The van der Waals surface area contributed by atoms with Crippen LogP contribution in [0.1, 0.15) is 0 Å². The minimum absolute atomic E-state index is 0.571. The van der Waals surface area contributed by atoms with Gasteiger partial charge in [0.05, 0.1) is 16.7 Å². The summed E-state index contributed by atoms with van der Waals surface area (Å²) in [6.45, 7) is 0. The normalized spacial score (nSPS) is 11.6. The molecule has 0 aliphatic heterocycles. The molecule has 0 N–H and O–H groups in total. The number of fused-ring (bicyclic) bond motifs is 5. The Balaban J connectivity index is 1.27. The van der Waals surface area contributed by atoms with Crippen molar-refractivity contribution >= 4 is 43.7 Å². The molecule has 5 aromatic carbocycles. The molecule has 0 bridgehead atoms. The molecule has 210 valence electrons. The van der Waals surface area contributed by atoms with E-state index in [-0.39, 0.29) is 0 Å². The van der Waals surface area contributed by atoms with Crippen LogP contribution in [0.2, 0.25) is 0 Å². The van der Waals surface area contributed by atoms with Crippen LogP contribution in [-0.4, -0.2) is 19.9 Å². The van der Waals surface area contributed by atoms with E-state index in [1.165, 1.54) is 0 Å². The standard InChI is InChI=1S/C40H24N4O/c1-2-9-25(10-3-1)37-33-13-5-4-12-32(33)34(24-43-37)29-20-28(21-30(22-29)40-44-35-14-6-7-15-36(35)45-40)31-19-27-17-16-26-11-8-18-41-38(26)39(27)42-23-31/h1-24H. The van der Waals surface area contributed by atoms with Crippen molar-refractivity contribution in [3.05, 3.63) is 146 Å². The van der Waals surface area contributed by atoms with Gasteiger partial charge in [-0.2, -0.15) is 0 Å². The maximum absolute atomic E-state index is 6.27. The van der Waals surface area contributed by atoms with Crippen LogP contribution in [0.4, 0.5) is 0 Å². The largest absolute Gasteiger partial charge is 0.436 e. The summed E-state index contributed by atoms with van der Waals surface area (Å²) in [7, 11) is 0. The van der Waals surface area contributed by atoms with Gasteiger partial charge >= 0.3 is 0 Å². The molecule has 0 saturated carbocycles. The van der Waals surface area contributed by atoms with Crippen molar-refractivity contribution in [2.24, 2.45) is 0 Å². The monoisotopic (exact) mass is 576 g/mol. The SMILES string of the molecule is c1ccc(-c2ncc(-c3cc(-c4cnc5c(ccc6cccnc65)c4)cc(-c4nc5ccccc5o4)c3)c3ccccc23)cc1. The van der Waals surface area contributed by atoms with Gasteiger partial charge < -0.3 is 4.42 Å². The minimum atomic E-state index is 0.571. The number of hydrogen-bond acceptors (Lipinski definition) is 5. The van der Waals surface area contributed by atoms with Crippen LogP contribution in [0.3, 0.4) is 0 Å². The van der Waals surface area contributed by atoms with Gasteiger partial charge in [0.1, 0.15) is 5.52 Å². The van der Waals surface area contributed by atoms with Gasteiger partial charge in [-0.3, -0.25) is 15.0 Å². The second kappa shape index (κ2) is 10.2. The van der Waals surface area contributed by atoms with Crippen molar-refractivity contribution in [3.63, 3.8) is 0 Å². The predicted octanol–water partition coefficient (Wildman–Crippen LogP) is 10.1. The lowest BCUT2D eigenvalue weighted by Crippen LogP contribution is -1.92. The van der Waals surface area contributed by atoms with Crippen molar-refractivity contribution in [1.29, 1.82) is 0 Å². The first-order valence-corrected chi connectivity index (χ1v) is 14.9. The summed E-state index contributed by atoms with van der Waals surface area (Å²) < 4.78 is 6.27. The molecular weight excluding hydrogens is 552 g/mol. The third-order valence-electron chi connectivity index (χ3n) is 8.38. The van der Waals surface area contributed by atoms with E-state index < -0.39 is 0 Å². The first-order chi connectivity index (χ1) is 22.3. The zero-order chi connectivity index (χ0) is 29.7. The van der Waals surface area contributed by atoms with Gasteiger partial charge in [-0.15, -0.1) is 0 Å². The van der Waals surface area contributed by atoms with Gasteiger partial charge in [-0.1, -0.05) is 84.9 Å². The Bertz CT molecular complexity index is 2520. The fourth-order valence-corrected chi connectivity index (χ4v) is 6.21. The summed E-state index contributed by atoms with van der Waals surface area (Å²) in [4.78, 5) is 19.4. The van der Waals surface area contributed by atoms with Crippen LogP contribution < -0.4 is 0 Å². The molecule has 4 heterocycles. The molecule has 0 amide bonds. The molecule has 0 radical (unpaired) electrons. The van der Waals surface area contributed by atoms with Crippen molar-refractivity contribution in [3.8, 4) is 45.0 Å². The van der Waals surface area contributed by atoms with Gasteiger partial charge in [-0.25, -0.2) is 4.98 Å². The quantitative estimate of drug-likeness (QED) is 0.195. The van der Waals surface area contributed by atoms with Gasteiger partial charge in [0.15, 0.2) is 5.58 Å². The average Bonchev–Trinajstić information content (AvgIpc) is 3.56. The van der Waals surface area contributed by atoms with Crippen LogP contribution >= 0.6 is 0 Å². The Morgan fingerprint density at radius 2 is 1.22 bits per heavy atom. The van der Waals surface area contributed by atoms with E-state index in [9.17, 15) is 0 Å². The van der Waals surface area contributed by atoms with Crippen molar-refractivity contribution in [2.45, 2.75) is 0 Å². The Kier molecular flexibility index (Phi) is 5.74. The van der Waals surface area contributed by atoms with Gasteiger partial charge in [0.2, 0.25) is 5.89 Å². The second-order valence-electron chi connectivity index (χ2n) is 11.2. The van der Waals surface area contributed by atoms with Crippen LogP contribution in [0.5, 0.6) is 0 Å². The first kappa shape index (κ1) is 25.3. The second-order valence-corrected chi connectivity index (χ2v) is 11.2. The Morgan fingerprint density at radius 3 is 2.13 bits per heavy atom. The molecule has 0 aliphatic carbocycles.